The van der Waals surface area contributed by atoms with Gasteiger partial charge in [0.15, 0.2) is 0 Å². The summed E-state index contributed by atoms with van der Waals surface area (Å²) in [7, 11) is -3.76. The molecule has 2 aromatic carbocycles. The Balaban J connectivity index is 1.80. The maximum Gasteiger partial charge on any atom is 0.243 e. The van der Waals surface area contributed by atoms with Crippen LogP contribution in [0.5, 0.6) is 0 Å². The van der Waals surface area contributed by atoms with Gasteiger partial charge in [0.2, 0.25) is 15.9 Å². The van der Waals surface area contributed by atoms with Crippen molar-refractivity contribution in [2.24, 2.45) is 5.92 Å². The monoisotopic (exact) mass is 434 g/mol. The highest BCUT2D eigenvalue weighted by Crippen LogP contribution is 2.28. The molecule has 1 heterocycles. The third kappa shape index (κ3) is 5.18. The fourth-order valence-corrected chi connectivity index (χ4v) is 5.52. The number of hydrogen-bond donors (Lipinski definition) is 1. The van der Waals surface area contributed by atoms with E-state index < -0.39 is 16.1 Å². The Hall–Kier alpha value is -1.89. The maximum atomic E-state index is 13.1. The normalized spacial score (nSPS) is 18.7. The van der Waals surface area contributed by atoms with Gasteiger partial charge in [0.05, 0.1) is 10.9 Å². The number of halogens is 1. The van der Waals surface area contributed by atoms with E-state index in [1.165, 1.54) is 16.4 Å². The van der Waals surface area contributed by atoms with Crippen LogP contribution < -0.4 is 5.32 Å². The molecule has 7 heteroatoms. The van der Waals surface area contributed by atoms with Gasteiger partial charge in [-0.3, -0.25) is 4.79 Å². The van der Waals surface area contributed by atoms with E-state index in [9.17, 15) is 13.2 Å². The minimum atomic E-state index is -3.76. The quantitative estimate of drug-likeness (QED) is 0.702. The number of benzene rings is 2. The molecular weight excluding hydrogens is 408 g/mol. The van der Waals surface area contributed by atoms with Crippen LogP contribution in [0.15, 0.2) is 59.5 Å². The molecule has 29 heavy (non-hydrogen) atoms. The minimum Gasteiger partial charge on any atom is -0.348 e. The van der Waals surface area contributed by atoms with Crippen molar-refractivity contribution in [3.63, 3.8) is 0 Å². The van der Waals surface area contributed by atoms with Crippen LogP contribution in [0.1, 0.15) is 44.7 Å². The van der Waals surface area contributed by atoms with Gasteiger partial charge in [-0.1, -0.05) is 55.8 Å². The highest BCUT2D eigenvalue weighted by molar-refractivity contribution is 7.89. The lowest BCUT2D eigenvalue weighted by molar-refractivity contribution is -0.125. The summed E-state index contributed by atoms with van der Waals surface area (Å²) in [5.74, 6) is 0.146. The molecule has 1 amide bonds. The highest BCUT2D eigenvalue weighted by atomic mass is 35.5. The average Bonchev–Trinajstić information content (AvgIpc) is 3.19. The van der Waals surface area contributed by atoms with Crippen molar-refractivity contribution in [2.75, 3.05) is 6.54 Å². The second-order valence-corrected chi connectivity index (χ2v) is 10.2. The minimum absolute atomic E-state index is 0.149. The second-order valence-electron chi connectivity index (χ2n) is 7.83. The van der Waals surface area contributed by atoms with Gasteiger partial charge in [0.1, 0.15) is 6.04 Å². The Labute approximate surface area is 178 Å². The first kappa shape index (κ1) is 21.8. The van der Waals surface area contributed by atoms with E-state index >= 15 is 0 Å². The molecule has 1 fully saturated rings. The van der Waals surface area contributed by atoms with Crippen LogP contribution in [0.4, 0.5) is 0 Å². The largest absolute Gasteiger partial charge is 0.348 e. The summed E-state index contributed by atoms with van der Waals surface area (Å²) in [5, 5.41) is 3.57. The number of nitrogens with one attached hydrogen (secondary N) is 1. The van der Waals surface area contributed by atoms with Crippen LogP contribution in [0.3, 0.4) is 0 Å². The van der Waals surface area contributed by atoms with Gasteiger partial charge in [-0.2, -0.15) is 4.31 Å². The Kier molecular flexibility index (Phi) is 6.98. The first-order chi connectivity index (χ1) is 13.8. The van der Waals surface area contributed by atoms with E-state index in [4.69, 9.17) is 11.6 Å². The number of rotatable bonds is 7. The van der Waals surface area contributed by atoms with Crippen molar-refractivity contribution < 1.29 is 13.2 Å². The van der Waals surface area contributed by atoms with Crippen LogP contribution >= 0.6 is 11.6 Å². The molecule has 1 aliphatic rings. The van der Waals surface area contributed by atoms with Crippen molar-refractivity contribution in [1.29, 1.82) is 0 Å². The first-order valence-corrected chi connectivity index (χ1v) is 11.7. The van der Waals surface area contributed by atoms with E-state index in [2.05, 4.69) is 19.2 Å². The standard InChI is InChI=1S/C22H27ClN2O3S/c1-16(2)15-20(17-7-4-3-5-8-17)24-22(26)21-9-6-14-25(21)29(27,28)19-12-10-18(23)11-13-19/h3-5,7-8,10-13,16,20-21H,6,9,14-15H2,1-2H3,(H,24,26)/t20-,21-/m0/s1. The zero-order valence-electron chi connectivity index (χ0n) is 16.7. The molecule has 5 nitrogen and oxygen atoms in total. The lowest BCUT2D eigenvalue weighted by Crippen LogP contribution is -2.46. The van der Waals surface area contributed by atoms with Gasteiger partial charge in [0.25, 0.3) is 0 Å². The molecule has 156 valence electrons. The molecule has 0 bridgehead atoms. The lowest BCUT2D eigenvalue weighted by atomic mass is 9.96. The molecule has 3 rings (SSSR count). The summed E-state index contributed by atoms with van der Waals surface area (Å²) >= 11 is 5.88. The van der Waals surface area contributed by atoms with E-state index in [0.29, 0.717) is 30.3 Å². The number of carbonyl (C=O) groups excluding carboxylic acids is 1. The topological polar surface area (TPSA) is 66.5 Å². The van der Waals surface area contributed by atoms with E-state index in [1.807, 2.05) is 30.3 Å². The van der Waals surface area contributed by atoms with Crippen LogP contribution in [-0.4, -0.2) is 31.2 Å². The van der Waals surface area contributed by atoms with E-state index in [-0.39, 0.29) is 16.8 Å². The molecule has 0 aliphatic carbocycles. The van der Waals surface area contributed by atoms with Crippen molar-refractivity contribution in [3.8, 4) is 0 Å². The molecule has 1 N–H and O–H groups in total. The Morgan fingerprint density at radius 1 is 1.14 bits per heavy atom. The highest BCUT2D eigenvalue weighted by Gasteiger charge is 2.40. The van der Waals surface area contributed by atoms with Gasteiger partial charge < -0.3 is 5.32 Å². The first-order valence-electron chi connectivity index (χ1n) is 9.92. The summed E-state index contributed by atoms with van der Waals surface area (Å²) < 4.78 is 27.5. The second kappa shape index (κ2) is 9.28. The molecule has 2 atom stereocenters. The Morgan fingerprint density at radius 3 is 2.41 bits per heavy atom. The Morgan fingerprint density at radius 2 is 1.79 bits per heavy atom. The van der Waals surface area contributed by atoms with Crippen molar-refractivity contribution in [3.05, 3.63) is 65.2 Å². The molecule has 1 aliphatic heterocycles. The van der Waals surface area contributed by atoms with Gasteiger partial charge in [-0.25, -0.2) is 8.42 Å². The number of nitrogens with zero attached hydrogens (tertiary/aromatic N) is 1. The van der Waals surface area contributed by atoms with E-state index in [0.717, 1.165) is 12.0 Å². The molecule has 0 spiro atoms. The number of carbonyl (C=O) groups is 1. The summed E-state index contributed by atoms with van der Waals surface area (Å²) in [6.07, 6.45) is 1.96. The molecule has 0 radical (unpaired) electrons. The van der Waals surface area contributed by atoms with Crippen molar-refractivity contribution in [2.45, 2.75) is 50.1 Å². The SMILES string of the molecule is CC(C)C[C@H](NC(=O)[C@@H]1CCCN1S(=O)(=O)c1ccc(Cl)cc1)c1ccccc1. The predicted molar refractivity (Wildman–Crippen MR) is 115 cm³/mol. The lowest BCUT2D eigenvalue weighted by Gasteiger charge is -2.27. The van der Waals surface area contributed by atoms with Gasteiger partial charge in [0, 0.05) is 11.6 Å². The summed E-state index contributed by atoms with van der Waals surface area (Å²) in [6.45, 7) is 4.55. The fourth-order valence-electron chi connectivity index (χ4n) is 3.73. The predicted octanol–water partition coefficient (Wildman–Crippen LogP) is 4.40. The van der Waals surface area contributed by atoms with Gasteiger partial charge in [-0.05, 0) is 55.0 Å². The number of amides is 1. The number of sulfonamides is 1. The van der Waals surface area contributed by atoms with Crippen molar-refractivity contribution in [1.82, 2.24) is 9.62 Å². The zero-order valence-corrected chi connectivity index (χ0v) is 18.3. The Bertz CT molecular complexity index is 930. The summed E-state index contributed by atoms with van der Waals surface area (Å²) in [4.78, 5) is 13.3. The van der Waals surface area contributed by atoms with Crippen LogP contribution in [-0.2, 0) is 14.8 Å². The smallest absolute Gasteiger partial charge is 0.243 e. The molecule has 2 aromatic rings. The fraction of sp³-hybridized carbons (Fsp3) is 0.409. The average molecular weight is 435 g/mol. The van der Waals surface area contributed by atoms with E-state index in [1.54, 1.807) is 12.1 Å². The summed E-state index contributed by atoms with van der Waals surface area (Å²) in [5.41, 5.74) is 1.03. The summed E-state index contributed by atoms with van der Waals surface area (Å²) in [6, 6.07) is 15.0. The van der Waals surface area contributed by atoms with Crippen LogP contribution in [0, 0.1) is 5.92 Å². The third-order valence-electron chi connectivity index (χ3n) is 5.15. The third-order valence-corrected chi connectivity index (χ3v) is 7.33. The van der Waals surface area contributed by atoms with Gasteiger partial charge in [-0.15, -0.1) is 0 Å². The molecule has 0 aromatic heterocycles. The van der Waals surface area contributed by atoms with Crippen LogP contribution in [0.25, 0.3) is 0 Å². The van der Waals surface area contributed by atoms with Gasteiger partial charge >= 0.3 is 0 Å². The van der Waals surface area contributed by atoms with Crippen molar-refractivity contribution >= 4 is 27.5 Å². The molecule has 0 saturated carbocycles. The molecular formula is C22H27ClN2O3S. The van der Waals surface area contributed by atoms with Crippen LogP contribution in [0.2, 0.25) is 5.02 Å². The molecule has 1 saturated heterocycles. The zero-order chi connectivity index (χ0) is 21.0. The number of hydrogen-bond acceptors (Lipinski definition) is 3. The molecule has 0 unspecified atom stereocenters. The maximum absolute atomic E-state index is 13.1.